The van der Waals surface area contributed by atoms with Gasteiger partial charge in [0.2, 0.25) is 0 Å². The summed E-state index contributed by atoms with van der Waals surface area (Å²) in [6.07, 6.45) is -0.949. The molecule has 50 heavy (non-hydrogen) atoms. The van der Waals surface area contributed by atoms with Crippen molar-refractivity contribution in [1.82, 2.24) is 14.9 Å². The molecule has 2 heterocycles. The van der Waals surface area contributed by atoms with E-state index in [1.807, 2.05) is 0 Å². The summed E-state index contributed by atoms with van der Waals surface area (Å²) in [6, 6.07) is 4.81. The number of hydrogen-bond acceptors (Lipinski definition) is 13. The summed E-state index contributed by atoms with van der Waals surface area (Å²) in [5.41, 5.74) is 7.55. The molecule has 3 N–H and O–H groups in total. The molecule has 1 amide bonds. The summed E-state index contributed by atoms with van der Waals surface area (Å²) in [5.74, 6) is 0.250. The predicted octanol–water partition coefficient (Wildman–Crippen LogP) is 4.77. The molecule has 1 aliphatic heterocycles. The Labute approximate surface area is 293 Å². The van der Waals surface area contributed by atoms with Gasteiger partial charge in [-0.1, -0.05) is 49.8 Å². The van der Waals surface area contributed by atoms with E-state index in [2.05, 4.69) is 20.3 Å². The number of alkyl carbamates (subject to hydrolysis) is 1. The number of thioether (sulfide) groups is 1. The van der Waals surface area contributed by atoms with Crippen molar-refractivity contribution < 1.29 is 42.3 Å². The molecule has 0 radical (unpaired) electrons. The van der Waals surface area contributed by atoms with Gasteiger partial charge in [0, 0.05) is 34.3 Å². The molecular weight excluding hydrogens is 695 g/mol. The Hall–Kier alpha value is -3.63. The van der Waals surface area contributed by atoms with E-state index < -0.39 is 67.2 Å². The summed E-state index contributed by atoms with van der Waals surface area (Å²) >= 11 is 1.01. The zero-order valence-electron chi connectivity index (χ0n) is 29.1. The number of rotatable bonds is 15. The van der Waals surface area contributed by atoms with Crippen LogP contribution in [0.3, 0.4) is 0 Å². The molecule has 0 spiro atoms. The average molecular weight is 741 g/mol. The SMILES string of the molecule is Cc1cn([C@H]2C[C@H](N=[N+]=[N-])[C@@H](COP(=O)(OCCSC(=O)C(C)(C)C)Oc3ccc(C[C@@H](CO)NC(=O)OC(C)(C)C)cc3)O2)c(=O)[nH]c1=O. The maximum absolute atomic E-state index is 14.0. The fraction of sp³-hybridized carbons (Fsp3) is 0.613. The molecule has 19 heteroatoms. The van der Waals surface area contributed by atoms with Crippen molar-refractivity contribution >= 4 is 30.8 Å². The van der Waals surface area contributed by atoms with Crippen molar-refractivity contribution in [3.05, 3.63) is 72.9 Å². The van der Waals surface area contributed by atoms with Gasteiger partial charge >= 0.3 is 19.6 Å². The first-order chi connectivity index (χ1) is 23.3. The zero-order valence-corrected chi connectivity index (χ0v) is 30.8. The fourth-order valence-electron chi connectivity index (χ4n) is 4.51. The molecule has 17 nitrogen and oxygen atoms in total. The Morgan fingerprint density at radius 1 is 1.20 bits per heavy atom. The van der Waals surface area contributed by atoms with Gasteiger partial charge in [0.25, 0.3) is 5.56 Å². The van der Waals surface area contributed by atoms with Crippen LogP contribution >= 0.6 is 19.6 Å². The molecule has 1 aromatic carbocycles. The number of H-pyrrole nitrogens is 1. The van der Waals surface area contributed by atoms with E-state index in [9.17, 15) is 28.8 Å². The molecular formula is C31H45N6O11PS. The number of nitrogens with zero attached hydrogens (tertiary/aromatic N) is 4. The monoisotopic (exact) mass is 740 g/mol. The summed E-state index contributed by atoms with van der Waals surface area (Å²) in [6.45, 7) is 11.1. The number of ether oxygens (including phenoxy) is 2. The van der Waals surface area contributed by atoms with Crippen molar-refractivity contribution in [2.24, 2.45) is 10.5 Å². The first-order valence-corrected chi connectivity index (χ1v) is 18.2. The van der Waals surface area contributed by atoms with Gasteiger partial charge in [-0.3, -0.25) is 28.2 Å². The topological polar surface area (TPSA) is 233 Å². The Bertz CT molecular complexity index is 1700. The summed E-state index contributed by atoms with van der Waals surface area (Å²) in [7, 11) is -4.41. The van der Waals surface area contributed by atoms with Gasteiger partial charge in [-0.05, 0) is 57.3 Å². The number of aromatic nitrogens is 2. The smallest absolute Gasteiger partial charge is 0.444 e. The maximum atomic E-state index is 14.0. The van der Waals surface area contributed by atoms with Gasteiger partial charge in [0.1, 0.15) is 17.6 Å². The lowest BCUT2D eigenvalue weighted by Crippen LogP contribution is -2.42. The average Bonchev–Trinajstić information content (AvgIpc) is 3.41. The van der Waals surface area contributed by atoms with Crippen molar-refractivity contribution in [3.63, 3.8) is 0 Å². The molecule has 0 bridgehead atoms. The molecule has 0 saturated carbocycles. The van der Waals surface area contributed by atoms with E-state index >= 15 is 0 Å². The minimum absolute atomic E-state index is 0.0557. The van der Waals surface area contributed by atoms with E-state index in [1.165, 1.54) is 29.8 Å². The van der Waals surface area contributed by atoms with Crippen LogP contribution < -0.4 is 21.1 Å². The fourth-order valence-corrected chi connectivity index (χ4v) is 6.63. The van der Waals surface area contributed by atoms with Crippen LogP contribution in [0.25, 0.3) is 10.4 Å². The van der Waals surface area contributed by atoms with Crippen molar-refractivity contribution in [3.8, 4) is 5.75 Å². The van der Waals surface area contributed by atoms with Gasteiger partial charge < -0.3 is 24.4 Å². The minimum atomic E-state index is -4.41. The molecule has 2 aromatic rings. The van der Waals surface area contributed by atoms with Gasteiger partial charge in [0.05, 0.1) is 38.0 Å². The first-order valence-electron chi connectivity index (χ1n) is 15.8. The first kappa shape index (κ1) is 40.8. The molecule has 1 fully saturated rings. The number of nitrogens with one attached hydrogen (secondary N) is 2. The van der Waals surface area contributed by atoms with Crippen molar-refractivity contribution in [1.29, 1.82) is 0 Å². The molecule has 1 saturated heterocycles. The van der Waals surface area contributed by atoms with E-state index in [4.69, 9.17) is 28.6 Å². The number of amides is 1. The van der Waals surface area contributed by atoms with E-state index in [-0.39, 0.29) is 48.2 Å². The standard InChI is InChI=1S/C31H45N6O11PS/c1-19-16-37(28(41)34-26(19)39)25-15-23(35-36-32)24(46-25)18-45-49(43,44-12-13-50-27(40)30(2,3)4)48-22-10-8-20(9-11-22)14-21(17-38)33-29(42)47-31(5,6)7/h8-11,16,21,23-25,38H,12-15,17-18H2,1-7H3,(H,33,42)(H,34,39,41)/t21-,23-,24+,25+,49?/m0/s1. The normalized spacial score (nSPS) is 19.6. The van der Waals surface area contributed by atoms with Gasteiger partial charge in [-0.15, -0.1) is 0 Å². The lowest BCUT2D eigenvalue weighted by Gasteiger charge is -2.23. The number of carbonyl (C=O) groups is 2. The Balaban J connectivity index is 1.75. The van der Waals surface area contributed by atoms with E-state index in [1.54, 1.807) is 53.7 Å². The molecule has 1 unspecified atom stereocenters. The Morgan fingerprint density at radius 2 is 1.88 bits per heavy atom. The van der Waals surface area contributed by atoms with Gasteiger partial charge in [-0.25, -0.2) is 14.2 Å². The number of azide groups is 1. The number of benzene rings is 1. The molecule has 276 valence electrons. The number of aromatic amines is 1. The number of aliphatic hydroxyl groups is 1. The molecule has 1 aliphatic rings. The summed E-state index contributed by atoms with van der Waals surface area (Å²) in [5, 5.41) is 16.1. The lowest BCUT2D eigenvalue weighted by atomic mass is 10.00. The highest BCUT2D eigenvalue weighted by Crippen LogP contribution is 2.50. The lowest BCUT2D eigenvalue weighted by molar-refractivity contribution is -0.117. The molecule has 5 atom stereocenters. The Morgan fingerprint density at radius 3 is 2.48 bits per heavy atom. The number of aryl methyl sites for hydroxylation is 1. The van der Waals surface area contributed by atoms with Gasteiger partial charge in [-0.2, -0.15) is 0 Å². The third-order valence-electron chi connectivity index (χ3n) is 7.00. The van der Waals surface area contributed by atoms with Crippen LogP contribution in [0.5, 0.6) is 5.75 Å². The molecule has 0 aliphatic carbocycles. The third-order valence-corrected chi connectivity index (χ3v) is 9.64. The van der Waals surface area contributed by atoms with Gasteiger partial charge in [0.15, 0.2) is 5.12 Å². The quantitative estimate of drug-likeness (QED) is 0.0737. The van der Waals surface area contributed by atoms with Crippen LogP contribution in [-0.4, -0.2) is 75.2 Å². The van der Waals surface area contributed by atoms with E-state index in [0.717, 1.165) is 11.8 Å². The predicted molar refractivity (Wildman–Crippen MR) is 185 cm³/mol. The zero-order chi connectivity index (χ0) is 37.3. The maximum Gasteiger partial charge on any atom is 0.530 e. The largest absolute Gasteiger partial charge is 0.530 e. The number of phosphoric ester groups is 1. The van der Waals surface area contributed by atoms with Crippen LogP contribution in [0.2, 0.25) is 0 Å². The second-order valence-corrected chi connectivity index (χ2v) is 16.2. The van der Waals surface area contributed by atoms with Crippen LogP contribution in [0.4, 0.5) is 4.79 Å². The van der Waals surface area contributed by atoms with Crippen molar-refractivity contribution in [2.45, 2.75) is 91.3 Å². The number of hydrogen-bond donors (Lipinski definition) is 3. The Kier molecular flexibility index (Phi) is 14.3. The number of aliphatic hydroxyl groups excluding tert-OH is 1. The third kappa shape index (κ3) is 12.6. The highest BCUT2D eigenvalue weighted by atomic mass is 32.2. The van der Waals surface area contributed by atoms with E-state index in [0.29, 0.717) is 5.56 Å². The van der Waals surface area contributed by atoms with Crippen LogP contribution in [0.15, 0.2) is 45.2 Å². The van der Waals surface area contributed by atoms with Crippen molar-refractivity contribution in [2.75, 3.05) is 25.6 Å². The second kappa shape index (κ2) is 17.5. The molecule has 3 rings (SSSR count). The summed E-state index contributed by atoms with van der Waals surface area (Å²) in [4.78, 5) is 53.9. The highest BCUT2D eigenvalue weighted by Gasteiger charge is 2.40. The van der Waals surface area contributed by atoms with Crippen LogP contribution in [0, 0.1) is 12.3 Å². The molecule has 1 aromatic heterocycles. The van der Waals surface area contributed by atoms with Crippen LogP contribution in [-0.2, 0) is 34.3 Å². The number of carbonyl (C=O) groups excluding carboxylic acids is 2. The highest BCUT2D eigenvalue weighted by molar-refractivity contribution is 8.13. The van der Waals surface area contributed by atoms with Crippen LogP contribution in [0.1, 0.15) is 65.3 Å². The summed E-state index contributed by atoms with van der Waals surface area (Å²) < 4.78 is 43.4. The number of phosphoric acid groups is 1. The minimum Gasteiger partial charge on any atom is -0.444 e. The second-order valence-electron chi connectivity index (χ2n) is 13.5.